The SMILES string of the molecule is CN(c1nc(Cn2cnc(C#N)c2C#N)cs1)C1CC1. The van der Waals surface area contributed by atoms with Crippen molar-refractivity contribution in [1.82, 2.24) is 14.5 Å². The van der Waals surface area contributed by atoms with Crippen molar-refractivity contribution in [3.63, 3.8) is 0 Å². The minimum Gasteiger partial charge on any atom is -0.348 e. The second-order valence-electron chi connectivity index (χ2n) is 4.76. The molecule has 1 aliphatic rings. The standard InChI is InChI=1S/C13H12N6S/c1-18(10-2-3-10)13-17-9(7-20-13)6-19-8-16-11(4-14)12(19)5-15/h7-8,10H,2-3,6H2,1H3. The number of aromatic nitrogens is 3. The molecule has 20 heavy (non-hydrogen) atoms. The van der Waals surface area contributed by atoms with Crippen LogP contribution in [-0.4, -0.2) is 27.6 Å². The number of hydrogen-bond donors (Lipinski definition) is 0. The fourth-order valence-corrected chi connectivity index (χ4v) is 2.88. The Morgan fingerprint density at radius 3 is 2.90 bits per heavy atom. The fraction of sp³-hybridized carbons (Fsp3) is 0.385. The van der Waals surface area contributed by atoms with Gasteiger partial charge in [0.1, 0.15) is 12.1 Å². The molecule has 2 aromatic heterocycles. The third-order valence-electron chi connectivity index (χ3n) is 3.32. The quantitative estimate of drug-likeness (QED) is 0.854. The summed E-state index contributed by atoms with van der Waals surface area (Å²) < 4.78 is 1.66. The smallest absolute Gasteiger partial charge is 0.185 e. The molecular weight excluding hydrogens is 272 g/mol. The second kappa shape index (κ2) is 4.95. The van der Waals surface area contributed by atoms with Crippen molar-refractivity contribution in [3.8, 4) is 12.1 Å². The first-order valence-corrected chi connectivity index (χ1v) is 7.13. The number of nitrogens with zero attached hydrogens (tertiary/aromatic N) is 6. The van der Waals surface area contributed by atoms with E-state index in [9.17, 15) is 0 Å². The van der Waals surface area contributed by atoms with Crippen molar-refractivity contribution in [2.24, 2.45) is 0 Å². The van der Waals surface area contributed by atoms with Gasteiger partial charge in [0.2, 0.25) is 0 Å². The van der Waals surface area contributed by atoms with Crippen molar-refractivity contribution in [3.05, 3.63) is 28.8 Å². The summed E-state index contributed by atoms with van der Waals surface area (Å²) in [6.07, 6.45) is 3.98. The Kier molecular flexibility index (Phi) is 3.13. The topological polar surface area (TPSA) is 81.5 Å². The zero-order valence-electron chi connectivity index (χ0n) is 10.9. The van der Waals surface area contributed by atoms with Gasteiger partial charge >= 0.3 is 0 Å². The van der Waals surface area contributed by atoms with Crippen LogP contribution in [0.3, 0.4) is 0 Å². The van der Waals surface area contributed by atoms with E-state index in [0.29, 0.717) is 12.6 Å². The third-order valence-corrected chi connectivity index (χ3v) is 4.30. The summed E-state index contributed by atoms with van der Waals surface area (Å²) in [6, 6.07) is 4.56. The first-order chi connectivity index (χ1) is 9.72. The number of anilines is 1. The van der Waals surface area contributed by atoms with Crippen LogP contribution in [0.4, 0.5) is 5.13 Å². The van der Waals surface area contributed by atoms with E-state index >= 15 is 0 Å². The number of thiazole rings is 1. The molecule has 1 fully saturated rings. The van der Waals surface area contributed by atoms with E-state index in [1.807, 2.05) is 17.5 Å². The first-order valence-electron chi connectivity index (χ1n) is 6.25. The Hall–Kier alpha value is -2.38. The molecule has 0 bridgehead atoms. The van der Waals surface area contributed by atoms with Crippen molar-refractivity contribution in [2.45, 2.75) is 25.4 Å². The molecule has 100 valence electrons. The molecule has 0 N–H and O–H groups in total. The van der Waals surface area contributed by atoms with Gasteiger partial charge in [-0.15, -0.1) is 11.3 Å². The molecule has 0 saturated heterocycles. The number of imidazole rings is 1. The van der Waals surface area contributed by atoms with Gasteiger partial charge in [0.05, 0.1) is 18.6 Å². The highest BCUT2D eigenvalue weighted by Gasteiger charge is 2.28. The summed E-state index contributed by atoms with van der Waals surface area (Å²) in [6.45, 7) is 0.465. The largest absolute Gasteiger partial charge is 0.348 e. The molecule has 0 amide bonds. The summed E-state index contributed by atoms with van der Waals surface area (Å²) in [5, 5.41) is 20.9. The summed E-state index contributed by atoms with van der Waals surface area (Å²) >= 11 is 1.60. The number of rotatable bonds is 4. The number of hydrogen-bond acceptors (Lipinski definition) is 6. The highest BCUT2D eigenvalue weighted by Crippen LogP contribution is 2.32. The molecule has 2 aromatic rings. The van der Waals surface area contributed by atoms with E-state index in [0.717, 1.165) is 10.8 Å². The first kappa shape index (κ1) is 12.6. The van der Waals surface area contributed by atoms with E-state index in [4.69, 9.17) is 10.5 Å². The van der Waals surface area contributed by atoms with Crippen LogP contribution < -0.4 is 4.90 Å². The summed E-state index contributed by atoms with van der Waals surface area (Å²) in [5.74, 6) is 0. The van der Waals surface area contributed by atoms with Crippen molar-refractivity contribution in [2.75, 3.05) is 11.9 Å². The van der Waals surface area contributed by atoms with E-state index in [2.05, 4.69) is 21.9 Å². The molecule has 0 radical (unpaired) electrons. The van der Waals surface area contributed by atoms with Crippen LogP contribution in [0.25, 0.3) is 0 Å². The van der Waals surface area contributed by atoms with Gasteiger partial charge in [-0.25, -0.2) is 9.97 Å². The maximum atomic E-state index is 9.08. The molecule has 0 atom stereocenters. The van der Waals surface area contributed by atoms with Gasteiger partial charge in [-0.1, -0.05) is 0 Å². The molecule has 2 heterocycles. The van der Waals surface area contributed by atoms with Gasteiger partial charge in [-0.2, -0.15) is 10.5 Å². The molecule has 0 aliphatic heterocycles. The molecule has 7 heteroatoms. The average Bonchev–Trinajstić information content (AvgIpc) is 3.08. The predicted molar refractivity (Wildman–Crippen MR) is 74.3 cm³/mol. The minimum absolute atomic E-state index is 0.165. The van der Waals surface area contributed by atoms with Gasteiger partial charge in [0.25, 0.3) is 0 Å². The van der Waals surface area contributed by atoms with Crippen LogP contribution in [0.1, 0.15) is 29.9 Å². The summed E-state index contributed by atoms with van der Waals surface area (Å²) in [5.41, 5.74) is 1.34. The van der Waals surface area contributed by atoms with Gasteiger partial charge in [-0.3, -0.25) is 0 Å². The van der Waals surface area contributed by atoms with Gasteiger partial charge in [0.15, 0.2) is 16.5 Å². The highest BCUT2D eigenvalue weighted by molar-refractivity contribution is 7.13. The molecule has 0 unspecified atom stereocenters. The molecular formula is C13H12N6S. The van der Waals surface area contributed by atoms with Crippen molar-refractivity contribution < 1.29 is 0 Å². The van der Waals surface area contributed by atoms with Gasteiger partial charge in [-0.05, 0) is 12.8 Å². The lowest BCUT2D eigenvalue weighted by Gasteiger charge is -2.13. The maximum Gasteiger partial charge on any atom is 0.185 e. The lowest BCUT2D eigenvalue weighted by molar-refractivity contribution is 0.765. The van der Waals surface area contributed by atoms with Crippen molar-refractivity contribution >= 4 is 16.5 Å². The average molecular weight is 284 g/mol. The van der Waals surface area contributed by atoms with Crippen molar-refractivity contribution in [1.29, 1.82) is 10.5 Å². The van der Waals surface area contributed by atoms with E-state index in [1.54, 1.807) is 15.9 Å². The van der Waals surface area contributed by atoms with Crippen LogP contribution in [0.15, 0.2) is 11.7 Å². The Morgan fingerprint density at radius 2 is 2.25 bits per heavy atom. The Bertz CT molecular complexity index is 712. The molecule has 1 saturated carbocycles. The fourth-order valence-electron chi connectivity index (χ4n) is 2.02. The predicted octanol–water partition coefficient (Wildman–Crippen LogP) is 1.73. The van der Waals surface area contributed by atoms with Crippen LogP contribution in [-0.2, 0) is 6.54 Å². The Labute approximate surface area is 120 Å². The van der Waals surface area contributed by atoms with E-state index in [-0.39, 0.29) is 11.4 Å². The normalized spacial score (nSPS) is 13.8. The minimum atomic E-state index is 0.165. The third kappa shape index (κ3) is 2.24. The van der Waals surface area contributed by atoms with E-state index in [1.165, 1.54) is 19.2 Å². The van der Waals surface area contributed by atoms with Crippen LogP contribution in [0.5, 0.6) is 0 Å². The zero-order chi connectivity index (χ0) is 14.1. The van der Waals surface area contributed by atoms with E-state index < -0.39 is 0 Å². The molecule has 1 aliphatic carbocycles. The van der Waals surface area contributed by atoms with Crippen LogP contribution >= 0.6 is 11.3 Å². The van der Waals surface area contributed by atoms with Gasteiger partial charge < -0.3 is 9.47 Å². The van der Waals surface area contributed by atoms with Gasteiger partial charge in [0, 0.05) is 18.5 Å². The van der Waals surface area contributed by atoms with Crippen LogP contribution in [0, 0.1) is 22.7 Å². The maximum absolute atomic E-state index is 9.08. The monoisotopic (exact) mass is 284 g/mol. The molecule has 0 spiro atoms. The second-order valence-corrected chi connectivity index (χ2v) is 5.59. The molecule has 0 aromatic carbocycles. The highest BCUT2D eigenvalue weighted by atomic mass is 32.1. The number of nitriles is 2. The lowest BCUT2D eigenvalue weighted by Crippen LogP contribution is -2.19. The zero-order valence-corrected chi connectivity index (χ0v) is 11.8. The summed E-state index contributed by atoms with van der Waals surface area (Å²) in [7, 11) is 2.06. The molecule has 3 rings (SSSR count). The Morgan fingerprint density at radius 1 is 1.45 bits per heavy atom. The lowest BCUT2D eigenvalue weighted by atomic mass is 10.3. The summed E-state index contributed by atoms with van der Waals surface area (Å²) in [4.78, 5) is 10.7. The Balaban J connectivity index is 1.80. The van der Waals surface area contributed by atoms with Crippen LogP contribution in [0.2, 0.25) is 0 Å². The molecule has 6 nitrogen and oxygen atoms in total.